The van der Waals surface area contributed by atoms with E-state index in [0.717, 1.165) is 0 Å². The van der Waals surface area contributed by atoms with E-state index in [2.05, 4.69) is 6.92 Å². The number of carbonyl (C=O) groups is 2. The van der Waals surface area contributed by atoms with Crippen molar-refractivity contribution in [2.24, 2.45) is 0 Å². The van der Waals surface area contributed by atoms with E-state index >= 15 is 0 Å². The first-order valence-electron chi connectivity index (χ1n) is 4.32. The Balaban J connectivity index is 2.92. The van der Waals surface area contributed by atoms with E-state index in [1.54, 1.807) is 20.9 Å². The molecular formula is C9H15N2O2. The molecule has 13 heavy (non-hydrogen) atoms. The first kappa shape index (κ1) is 10.0. The molecule has 3 amide bonds. The molecule has 1 aliphatic heterocycles. The van der Waals surface area contributed by atoms with Crippen molar-refractivity contribution in [1.82, 2.24) is 9.80 Å². The number of rotatable bonds is 2. The van der Waals surface area contributed by atoms with Crippen LogP contribution in [-0.4, -0.2) is 40.9 Å². The molecule has 73 valence electrons. The quantitative estimate of drug-likeness (QED) is 0.596. The van der Waals surface area contributed by atoms with E-state index in [-0.39, 0.29) is 11.9 Å². The summed E-state index contributed by atoms with van der Waals surface area (Å²) in [6.45, 7) is 7.53. The molecule has 4 nitrogen and oxygen atoms in total. The van der Waals surface area contributed by atoms with Crippen LogP contribution in [0.4, 0.5) is 4.79 Å². The predicted molar refractivity (Wildman–Crippen MR) is 48.9 cm³/mol. The van der Waals surface area contributed by atoms with E-state index < -0.39 is 5.54 Å². The average molecular weight is 183 g/mol. The molecule has 1 aliphatic rings. The Kier molecular flexibility index (Phi) is 2.32. The van der Waals surface area contributed by atoms with E-state index in [4.69, 9.17) is 0 Å². The summed E-state index contributed by atoms with van der Waals surface area (Å²) in [6.07, 6.45) is 0.557. The van der Waals surface area contributed by atoms with Crippen LogP contribution in [0.2, 0.25) is 0 Å². The molecule has 1 rings (SSSR count). The molecule has 0 saturated carbocycles. The van der Waals surface area contributed by atoms with Gasteiger partial charge in [0.25, 0.3) is 5.91 Å². The largest absolute Gasteiger partial charge is 0.327 e. The maximum Gasteiger partial charge on any atom is 0.327 e. The van der Waals surface area contributed by atoms with Gasteiger partial charge < -0.3 is 4.90 Å². The minimum Gasteiger partial charge on any atom is -0.313 e. The SMILES string of the molecule is [CH2]CCN1C(=O)N(C)C(C)(C)C1=O. The summed E-state index contributed by atoms with van der Waals surface area (Å²) < 4.78 is 0. The highest BCUT2D eigenvalue weighted by Gasteiger charge is 2.48. The first-order valence-corrected chi connectivity index (χ1v) is 4.32. The van der Waals surface area contributed by atoms with Crippen LogP contribution in [0.15, 0.2) is 0 Å². The van der Waals surface area contributed by atoms with Crippen molar-refractivity contribution >= 4 is 11.9 Å². The molecular weight excluding hydrogens is 168 g/mol. The zero-order valence-corrected chi connectivity index (χ0v) is 8.33. The Bertz CT molecular complexity index is 248. The maximum atomic E-state index is 11.7. The number of hydrogen-bond acceptors (Lipinski definition) is 2. The Morgan fingerprint density at radius 2 is 1.92 bits per heavy atom. The number of nitrogens with zero attached hydrogens (tertiary/aromatic N) is 2. The van der Waals surface area contributed by atoms with E-state index in [1.165, 1.54) is 9.80 Å². The topological polar surface area (TPSA) is 40.6 Å². The summed E-state index contributed by atoms with van der Waals surface area (Å²) in [4.78, 5) is 25.9. The van der Waals surface area contributed by atoms with Crippen molar-refractivity contribution in [3.63, 3.8) is 0 Å². The highest BCUT2D eigenvalue weighted by molar-refractivity contribution is 6.06. The molecule has 0 aromatic carbocycles. The lowest BCUT2D eigenvalue weighted by Crippen LogP contribution is -2.41. The fourth-order valence-corrected chi connectivity index (χ4v) is 1.34. The summed E-state index contributed by atoms with van der Waals surface area (Å²) in [6, 6.07) is -0.223. The summed E-state index contributed by atoms with van der Waals surface area (Å²) in [7, 11) is 1.64. The van der Waals surface area contributed by atoms with Crippen molar-refractivity contribution < 1.29 is 9.59 Å². The van der Waals surface area contributed by atoms with Crippen LogP contribution in [0, 0.1) is 6.92 Å². The predicted octanol–water partition coefficient (Wildman–Crippen LogP) is 0.883. The van der Waals surface area contributed by atoms with Gasteiger partial charge in [0.2, 0.25) is 0 Å². The smallest absolute Gasteiger partial charge is 0.313 e. The minimum atomic E-state index is -0.702. The molecule has 0 spiro atoms. The third-order valence-electron chi connectivity index (χ3n) is 2.51. The number of likely N-dealkylation sites (N-methyl/N-ethyl adjacent to an activating group) is 1. The molecule has 0 bridgehead atoms. The van der Waals surface area contributed by atoms with Crippen molar-refractivity contribution in [2.75, 3.05) is 13.6 Å². The van der Waals surface area contributed by atoms with Gasteiger partial charge in [-0.25, -0.2) is 4.79 Å². The molecule has 0 unspecified atom stereocenters. The van der Waals surface area contributed by atoms with Crippen molar-refractivity contribution in [3.05, 3.63) is 6.92 Å². The number of hydrogen-bond donors (Lipinski definition) is 0. The second-order valence-corrected chi connectivity index (χ2v) is 3.71. The molecule has 1 fully saturated rings. The lowest BCUT2D eigenvalue weighted by Gasteiger charge is -2.22. The Labute approximate surface area is 78.5 Å². The molecule has 0 aromatic rings. The van der Waals surface area contributed by atoms with Gasteiger partial charge in [-0.1, -0.05) is 6.92 Å². The third kappa shape index (κ3) is 1.30. The van der Waals surface area contributed by atoms with Crippen LogP contribution >= 0.6 is 0 Å². The fraction of sp³-hybridized carbons (Fsp3) is 0.667. The van der Waals surface area contributed by atoms with Crippen molar-refractivity contribution in [1.29, 1.82) is 0 Å². The highest BCUT2D eigenvalue weighted by Crippen LogP contribution is 2.25. The van der Waals surface area contributed by atoms with Crippen LogP contribution in [-0.2, 0) is 4.79 Å². The molecule has 0 aromatic heterocycles. The van der Waals surface area contributed by atoms with Crippen molar-refractivity contribution in [3.8, 4) is 0 Å². The number of carbonyl (C=O) groups excluding carboxylic acids is 2. The number of urea groups is 1. The third-order valence-corrected chi connectivity index (χ3v) is 2.51. The summed E-state index contributed by atoms with van der Waals surface area (Å²) in [5.41, 5.74) is -0.702. The van der Waals surface area contributed by atoms with Crippen LogP contribution in [0.3, 0.4) is 0 Å². The zero-order chi connectivity index (χ0) is 10.2. The van der Waals surface area contributed by atoms with Crippen LogP contribution in [0.1, 0.15) is 20.3 Å². The molecule has 0 N–H and O–H groups in total. The van der Waals surface area contributed by atoms with Gasteiger partial charge in [0, 0.05) is 13.6 Å². The van der Waals surface area contributed by atoms with Gasteiger partial charge >= 0.3 is 6.03 Å². The fourth-order valence-electron chi connectivity index (χ4n) is 1.34. The monoisotopic (exact) mass is 183 g/mol. The van der Waals surface area contributed by atoms with Gasteiger partial charge in [0.1, 0.15) is 5.54 Å². The van der Waals surface area contributed by atoms with Gasteiger partial charge in [-0.2, -0.15) is 0 Å². The van der Waals surface area contributed by atoms with E-state index in [1.807, 2.05) is 0 Å². The molecule has 4 heteroatoms. The summed E-state index contributed by atoms with van der Waals surface area (Å²) in [5, 5.41) is 0. The molecule has 1 heterocycles. The lowest BCUT2D eigenvalue weighted by atomic mass is 10.1. The lowest BCUT2D eigenvalue weighted by molar-refractivity contribution is -0.131. The minimum absolute atomic E-state index is 0.136. The van der Waals surface area contributed by atoms with E-state index in [0.29, 0.717) is 13.0 Å². The Morgan fingerprint density at radius 1 is 1.38 bits per heavy atom. The van der Waals surface area contributed by atoms with E-state index in [9.17, 15) is 9.59 Å². The zero-order valence-electron chi connectivity index (χ0n) is 8.33. The maximum absolute atomic E-state index is 11.7. The van der Waals surface area contributed by atoms with Crippen LogP contribution in [0.5, 0.6) is 0 Å². The van der Waals surface area contributed by atoms with Gasteiger partial charge in [0.15, 0.2) is 0 Å². The van der Waals surface area contributed by atoms with Crippen LogP contribution in [0.25, 0.3) is 0 Å². The average Bonchev–Trinajstić information content (AvgIpc) is 2.21. The van der Waals surface area contributed by atoms with Gasteiger partial charge in [0.05, 0.1) is 0 Å². The summed E-state index contributed by atoms with van der Waals surface area (Å²) in [5.74, 6) is -0.136. The van der Waals surface area contributed by atoms with Crippen molar-refractivity contribution in [2.45, 2.75) is 25.8 Å². The van der Waals surface area contributed by atoms with Gasteiger partial charge in [-0.15, -0.1) is 0 Å². The molecule has 0 atom stereocenters. The number of amides is 3. The summed E-state index contributed by atoms with van der Waals surface area (Å²) >= 11 is 0. The molecule has 0 aliphatic carbocycles. The van der Waals surface area contributed by atoms with Gasteiger partial charge in [-0.05, 0) is 20.3 Å². The second-order valence-electron chi connectivity index (χ2n) is 3.71. The number of imide groups is 1. The highest BCUT2D eigenvalue weighted by atomic mass is 16.2. The Hall–Kier alpha value is -1.06. The second kappa shape index (κ2) is 3.01. The van der Waals surface area contributed by atoms with Crippen LogP contribution < -0.4 is 0 Å². The molecule has 1 saturated heterocycles. The molecule has 1 radical (unpaired) electrons. The normalized spacial score (nSPS) is 21.5. The standard InChI is InChI=1S/C9H15N2O2/c1-5-6-11-7(12)9(2,3)10(4)8(11)13/h1,5-6H2,2-4H3. The first-order chi connectivity index (χ1) is 5.92. The Morgan fingerprint density at radius 3 is 2.23 bits per heavy atom. The van der Waals surface area contributed by atoms with Gasteiger partial charge in [-0.3, -0.25) is 9.69 Å².